The lowest BCUT2D eigenvalue weighted by atomic mass is 10.1. The van der Waals surface area contributed by atoms with Crippen molar-refractivity contribution in [1.82, 2.24) is 0 Å². The molecule has 8 heavy (non-hydrogen) atoms. The van der Waals surface area contributed by atoms with Gasteiger partial charge in [-0.05, 0) is 24.5 Å². The summed E-state index contributed by atoms with van der Waals surface area (Å²) in [7, 11) is 0. The van der Waals surface area contributed by atoms with Gasteiger partial charge < -0.3 is 5.11 Å². The van der Waals surface area contributed by atoms with Crippen LogP contribution in [0.1, 0.15) is 19.8 Å². The highest BCUT2D eigenvalue weighted by Gasteiger charge is 1.96. The summed E-state index contributed by atoms with van der Waals surface area (Å²) in [5, 5.41) is 8.54. The molecule has 1 N–H and O–H groups in total. The maximum atomic E-state index is 8.54. The van der Waals surface area contributed by atoms with Gasteiger partial charge in [0, 0.05) is 6.61 Å². The summed E-state index contributed by atoms with van der Waals surface area (Å²) >= 11 is 4.05. The Morgan fingerprint density at radius 2 is 2.25 bits per heavy atom. The molecule has 0 spiro atoms. The Hall–Kier alpha value is 0.310. The zero-order chi connectivity index (χ0) is 6.41. The quantitative estimate of drug-likeness (QED) is 0.556. The molecular formula is C6H14OS. The molecule has 0 saturated carbocycles. The van der Waals surface area contributed by atoms with Crippen LogP contribution in [0.25, 0.3) is 0 Å². The van der Waals surface area contributed by atoms with E-state index in [4.69, 9.17) is 5.11 Å². The molecule has 1 unspecified atom stereocenters. The Kier molecular flexibility index (Phi) is 5.66. The van der Waals surface area contributed by atoms with Crippen molar-refractivity contribution >= 4 is 12.6 Å². The van der Waals surface area contributed by atoms with E-state index in [1.54, 1.807) is 0 Å². The molecule has 0 saturated heterocycles. The minimum absolute atomic E-state index is 0.313. The van der Waals surface area contributed by atoms with E-state index in [2.05, 4.69) is 12.6 Å². The monoisotopic (exact) mass is 134 g/mol. The number of aliphatic hydroxyl groups excluding tert-OH is 1. The molecule has 0 aliphatic carbocycles. The lowest BCUT2D eigenvalue weighted by Crippen LogP contribution is -1.99. The van der Waals surface area contributed by atoms with Crippen LogP contribution < -0.4 is 0 Å². The van der Waals surface area contributed by atoms with Crippen molar-refractivity contribution < 1.29 is 5.11 Å². The van der Waals surface area contributed by atoms with Gasteiger partial charge in [-0.15, -0.1) is 0 Å². The third-order valence-corrected chi connectivity index (χ3v) is 1.48. The number of hydrogen-bond acceptors (Lipinski definition) is 2. The van der Waals surface area contributed by atoms with E-state index < -0.39 is 0 Å². The van der Waals surface area contributed by atoms with Gasteiger partial charge in [0.1, 0.15) is 0 Å². The molecule has 0 amide bonds. The van der Waals surface area contributed by atoms with Gasteiger partial charge in [-0.3, -0.25) is 0 Å². The number of thiol groups is 1. The maximum Gasteiger partial charge on any atom is 0.0456 e. The summed E-state index contributed by atoms with van der Waals surface area (Å²) in [6.45, 7) is 2.36. The van der Waals surface area contributed by atoms with Gasteiger partial charge in [-0.1, -0.05) is 6.92 Å². The molecule has 0 rings (SSSR count). The average Bonchev–Trinajstić information content (AvgIpc) is 1.83. The number of hydrogen-bond donors (Lipinski definition) is 2. The van der Waals surface area contributed by atoms with Crippen molar-refractivity contribution in [3.8, 4) is 0 Å². The van der Waals surface area contributed by atoms with Crippen molar-refractivity contribution in [3.63, 3.8) is 0 Å². The number of rotatable bonds is 4. The molecule has 0 aromatic heterocycles. The highest BCUT2D eigenvalue weighted by atomic mass is 32.1. The Morgan fingerprint density at radius 3 is 2.62 bits per heavy atom. The largest absolute Gasteiger partial charge is 0.396 e. The summed E-state index contributed by atoms with van der Waals surface area (Å²) in [5.41, 5.74) is 0. The van der Waals surface area contributed by atoms with Gasteiger partial charge in [0.2, 0.25) is 0 Å². The second-order valence-electron chi connectivity index (χ2n) is 2.15. The zero-order valence-corrected chi connectivity index (χ0v) is 6.19. The van der Waals surface area contributed by atoms with Crippen LogP contribution in [0.4, 0.5) is 0 Å². The molecule has 0 aliphatic heterocycles. The smallest absolute Gasteiger partial charge is 0.0456 e. The van der Waals surface area contributed by atoms with Crippen molar-refractivity contribution in [1.29, 1.82) is 0 Å². The molecule has 0 heterocycles. The molecule has 1 nitrogen and oxygen atoms in total. The van der Waals surface area contributed by atoms with E-state index in [9.17, 15) is 0 Å². The van der Waals surface area contributed by atoms with E-state index in [-0.39, 0.29) is 0 Å². The fourth-order valence-electron chi connectivity index (χ4n) is 0.531. The first-order valence-electron chi connectivity index (χ1n) is 3.03. The van der Waals surface area contributed by atoms with Crippen molar-refractivity contribution in [2.24, 2.45) is 5.92 Å². The Bertz CT molecular complexity index is 47.8. The van der Waals surface area contributed by atoms with Crippen LogP contribution in [-0.4, -0.2) is 17.5 Å². The lowest BCUT2D eigenvalue weighted by Gasteiger charge is -2.03. The standard InChI is InChI=1S/C6H14OS/c1-6(5-7)3-2-4-8/h6-8H,2-5H2,1H3. The second-order valence-corrected chi connectivity index (χ2v) is 2.60. The summed E-state index contributed by atoms with van der Waals surface area (Å²) in [5.74, 6) is 1.40. The summed E-state index contributed by atoms with van der Waals surface area (Å²) in [6, 6.07) is 0. The van der Waals surface area contributed by atoms with E-state index in [1.807, 2.05) is 6.92 Å². The van der Waals surface area contributed by atoms with Gasteiger partial charge in [0.25, 0.3) is 0 Å². The molecule has 1 atom stereocenters. The molecule has 0 aliphatic rings. The average molecular weight is 134 g/mol. The first-order chi connectivity index (χ1) is 3.81. The first kappa shape index (κ1) is 8.31. The molecular weight excluding hydrogens is 120 g/mol. The topological polar surface area (TPSA) is 20.2 Å². The first-order valence-corrected chi connectivity index (χ1v) is 3.66. The third-order valence-electron chi connectivity index (χ3n) is 1.17. The lowest BCUT2D eigenvalue weighted by molar-refractivity contribution is 0.230. The minimum atomic E-state index is 0.313. The summed E-state index contributed by atoms with van der Waals surface area (Å²) < 4.78 is 0. The van der Waals surface area contributed by atoms with Gasteiger partial charge in [-0.2, -0.15) is 12.6 Å². The highest BCUT2D eigenvalue weighted by Crippen LogP contribution is 2.03. The van der Waals surface area contributed by atoms with E-state index in [0.29, 0.717) is 12.5 Å². The van der Waals surface area contributed by atoms with Gasteiger partial charge in [0.15, 0.2) is 0 Å². The van der Waals surface area contributed by atoms with Gasteiger partial charge in [-0.25, -0.2) is 0 Å². The fourth-order valence-corrected chi connectivity index (χ4v) is 0.714. The third kappa shape index (κ3) is 4.47. The highest BCUT2D eigenvalue weighted by molar-refractivity contribution is 7.80. The fraction of sp³-hybridized carbons (Fsp3) is 1.00. The van der Waals surface area contributed by atoms with Gasteiger partial charge in [0.05, 0.1) is 0 Å². The van der Waals surface area contributed by atoms with E-state index >= 15 is 0 Å². The van der Waals surface area contributed by atoms with Crippen molar-refractivity contribution in [2.45, 2.75) is 19.8 Å². The van der Waals surface area contributed by atoms with E-state index in [0.717, 1.165) is 18.6 Å². The second kappa shape index (κ2) is 5.45. The van der Waals surface area contributed by atoms with Crippen LogP contribution in [0.5, 0.6) is 0 Å². The summed E-state index contributed by atoms with van der Waals surface area (Å²) in [4.78, 5) is 0. The van der Waals surface area contributed by atoms with Crippen LogP contribution in [0.3, 0.4) is 0 Å². The van der Waals surface area contributed by atoms with Crippen LogP contribution in [-0.2, 0) is 0 Å². The molecule has 0 aromatic rings. The molecule has 0 fully saturated rings. The molecule has 0 bridgehead atoms. The number of aliphatic hydroxyl groups is 1. The minimum Gasteiger partial charge on any atom is -0.396 e. The molecule has 0 radical (unpaired) electrons. The SMILES string of the molecule is CC(CO)CCCS. The van der Waals surface area contributed by atoms with Crippen molar-refractivity contribution in [3.05, 3.63) is 0 Å². The molecule has 2 heteroatoms. The normalized spacial score (nSPS) is 13.9. The Balaban J connectivity index is 2.86. The van der Waals surface area contributed by atoms with Crippen molar-refractivity contribution in [2.75, 3.05) is 12.4 Å². The van der Waals surface area contributed by atoms with Gasteiger partial charge >= 0.3 is 0 Å². The predicted molar refractivity (Wildman–Crippen MR) is 39.3 cm³/mol. The summed E-state index contributed by atoms with van der Waals surface area (Å²) in [6.07, 6.45) is 2.21. The zero-order valence-electron chi connectivity index (χ0n) is 5.30. The molecule has 50 valence electrons. The van der Waals surface area contributed by atoms with Crippen LogP contribution in [0.15, 0.2) is 0 Å². The van der Waals surface area contributed by atoms with E-state index in [1.165, 1.54) is 0 Å². The molecule has 0 aromatic carbocycles. The van der Waals surface area contributed by atoms with Crippen LogP contribution in [0, 0.1) is 5.92 Å². The Morgan fingerprint density at radius 1 is 1.62 bits per heavy atom. The predicted octanol–water partition coefficient (Wildman–Crippen LogP) is 1.32. The van der Waals surface area contributed by atoms with Crippen LogP contribution in [0.2, 0.25) is 0 Å². The van der Waals surface area contributed by atoms with Crippen LogP contribution >= 0.6 is 12.6 Å². The maximum absolute atomic E-state index is 8.54. The Labute approximate surface area is 56.5 Å².